The Kier molecular flexibility index (Phi) is 3.88. The number of carbonyl (C=O) groups excluding carboxylic acids is 2. The van der Waals surface area contributed by atoms with Crippen molar-refractivity contribution in [3.8, 4) is 0 Å². The zero-order valence-electron chi connectivity index (χ0n) is 13.4. The van der Waals surface area contributed by atoms with E-state index in [1.165, 1.54) is 6.07 Å². The molecule has 23 heavy (non-hydrogen) atoms. The number of halogens is 1. The van der Waals surface area contributed by atoms with Crippen LogP contribution in [0.2, 0.25) is 0 Å². The van der Waals surface area contributed by atoms with Crippen LogP contribution in [0.3, 0.4) is 0 Å². The molecule has 0 radical (unpaired) electrons. The lowest BCUT2D eigenvalue weighted by atomic mass is 9.92. The van der Waals surface area contributed by atoms with Gasteiger partial charge in [0.25, 0.3) is 5.91 Å². The second kappa shape index (κ2) is 5.60. The molecule has 124 valence electrons. The molecule has 1 N–H and O–H groups in total. The highest BCUT2D eigenvalue weighted by molar-refractivity contribution is 5.93. The van der Waals surface area contributed by atoms with Crippen molar-refractivity contribution in [3.63, 3.8) is 0 Å². The number of ether oxygens (including phenoxy) is 1. The Balaban J connectivity index is 1.83. The van der Waals surface area contributed by atoms with Gasteiger partial charge in [0.15, 0.2) is 5.60 Å². The number of carbonyl (C=O) groups is 2. The van der Waals surface area contributed by atoms with Crippen LogP contribution in [0.15, 0.2) is 24.3 Å². The van der Waals surface area contributed by atoms with E-state index in [0.717, 1.165) is 0 Å². The largest absolute Gasteiger partial charge is 0.362 e. The summed E-state index contributed by atoms with van der Waals surface area (Å²) in [4.78, 5) is 26.7. The molecule has 1 saturated heterocycles. The van der Waals surface area contributed by atoms with Gasteiger partial charge in [0.1, 0.15) is 5.82 Å². The Hall–Kier alpha value is -1.95. The summed E-state index contributed by atoms with van der Waals surface area (Å²) in [6, 6.07) is 6.44. The van der Waals surface area contributed by atoms with Gasteiger partial charge in [-0.25, -0.2) is 4.39 Å². The third kappa shape index (κ3) is 2.61. The van der Waals surface area contributed by atoms with Crippen LogP contribution in [0.25, 0.3) is 0 Å². The first kappa shape index (κ1) is 15.9. The summed E-state index contributed by atoms with van der Waals surface area (Å²) in [6.45, 7) is 2.57. The molecule has 1 aliphatic heterocycles. The van der Waals surface area contributed by atoms with Crippen molar-refractivity contribution in [1.29, 1.82) is 0 Å². The molecule has 0 aromatic heterocycles. The van der Waals surface area contributed by atoms with Gasteiger partial charge in [-0.3, -0.25) is 9.59 Å². The number of benzene rings is 1. The van der Waals surface area contributed by atoms with Crippen LogP contribution in [0.1, 0.15) is 25.3 Å². The van der Waals surface area contributed by atoms with Gasteiger partial charge in [-0.05, 0) is 25.8 Å². The molecule has 2 aliphatic rings. The number of nitrogens with one attached hydrogen (secondary N) is 1. The zero-order valence-corrected chi connectivity index (χ0v) is 13.4. The van der Waals surface area contributed by atoms with E-state index in [4.69, 9.17) is 4.74 Å². The molecule has 1 aliphatic carbocycles. The van der Waals surface area contributed by atoms with Crippen molar-refractivity contribution < 1.29 is 18.7 Å². The molecule has 3 rings (SSSR count). The maximum atomic E-state index is 14.1. The second-order valence-corrected chi connectivity index (χ2v) is 6.45. The normalized spacial score (nSPS) is 25.8. The van der Waals surface area contributed by atoms with Crippen molar-refractivity contribution >= 4 is 11.8 Å². The van der Waals surface area contributed by atoms with Gasteiger partial charge < -0.3 is 15.0 Å². The standard InChI is InChI=1S/C17H21FN2O3/c1-16(14(21)19-2)11-20(9-10-23-16)15(22)17(7-8-17)12-5-3-4-6-13(12)18/h3-6H,7-11H2,1-2H3,(H,19,21)/t16-/m0/s1. The molecule has 1 atom stereocenters. The van der Waals surface area contributed by atoms with Gasteiger partial charge in [0.2, 0.25) is 5.91 Å². The van der Waals surface area contributed by atoms with Crippen LogP contribution in [0.5, 0.6) is 0 Å². The minimum Gasteiger partial charge on any atom is -0.362 e. The summed E-state index contributed by atoms with van der Waals surface area (Å²) in [7, 11) is 1.54. The van der Waals surface area contributed by atoms with E-state index in [2.05, 4.69) is 5.32 Å². The topological polar surface area (TPSA) is 58.6 Å². The predicted molar refractivity (Wildman–Crippen MR) is 82.3 cm³/mol. The molecule has 1 saturated carbocycles. The van der Waals surface area contributed by atoms with Crippen molar-refractivity contribution in [3.05, 3.63) is 35.6 Å². The molecule has 6 heteroatoms. The molecule has 5 nitrogen and oxygen atoms in total. The van der Waals surface area contributed by atoms with Crippen LogP contribution in [0.4, 0.5) is 4.39 Å². The minimum atomic E-state index is -1.06. The van der Waals surface area contributed by atoms with Crippen LogP contribution in [0, 0.1) is 5.82 Å². The van der Waals surface area contributed by atoms with E-state index >= 15 is 0 Å². The third-order valence-electron chi connectivity index (χ3n) is 4.82. The first-order chi connectivity index (χ1) is 10.9. The van der Waals surface area contributed by atoms with Gasteiger partial charge >= 0.3 is 0 Å². The quantitative estimate of drug-likeness (QED) is 0.911. The molecule has 0 unspecified atom stereocenters. The Labute approximate surface area is 134 Å². The van der Waals surface area contributed by atoms with Crippen molar-refractivity contribution in [1.82, 2.24) is 10.2 Å². The molecule has 1 aromatic rings. The summed E-state index contributed by atoms with van der Waals surface area (Å²) in [6.07, 6.45) is 1.28. The van der Waals surface area contributed by atoms with Crippen LogP contribution in [-0.4, -0.2) is 49.1 Å². The molecule has 0 spiro atoms. The highest BCUT2D eigenvalue weighted by Gasteiger charge is 2.55. The van der Waals surface area contributed by atoms with E-state index in [-0.39, 0.29) is 24.2 Å². The Bertz CT molecular complexity index is 644. The van der Waals surface area contributed by atoms with E-state index < -0.39 is 11.0 Å². The number of likely N-dealkylation sites (N-methyl/N-ethyl adjacent to an activating group) is 1. The Morgan fingerprint density at radius 1 is 1.30 bits per heavy atom. The smallest absolute Gasteiger partial charge is 0.253 e. The van der Waals surface area contributed by atoms with Crippen molar-refractivity contribution in [2.45, 2.75) is 30.8 Å². The second-order valence-electron chi connectivity index (χ2n) is 6.45. The first-order valence-corrected chi connectivity index (χ1v) is 7.83. The minimum absolute atomic E-state index is 0.110. The average Bonchev–Trinajstić information content (AvgIpc) is 3.35. The number of hydrogen-bond donors (Lipinski definition) is 1. The SMILES string of the molecule is CNC(=O)[C@]1(C)CN(C(=O)C2(c3ccccc3F)CC2)CCO1. The van der Waals surface area contributed by atoms with Gasteiger partial charge in [0.05, 0.1) is 18.6 Å². The van der Waals surface area contributed by atoms with Crippen LogP contribution in [-0.2, 0) is 19.7 Å². The highest BCUT2D eigenvalue weighted by Crippen LogP contribution is 2.50. The monoisotopic (exact) mass is 320 g/mol. The lowest BCUT2D eigenvalue weighted by Crippen LogP contribution is -2.60. The number of rotatable bonds is 3. The lowest BCUT2D eigenvalue weighted by molar-refractivity contribution is -0.163. The Morgan fingerprint density at radius 2 is 2.00 bits per heavy atom. The molecule has 2 fully saturated rings. The van der Waals surface area contributed by atoms with Gasteiger partial charge in [-0.1, -0.05) is 18.2 Å². The average molecular weight is 320 g/mol. The number of morpholine rings is 1. The molecular weight excluding hydrogens is 299 g/mol. The fourth-order valence-corrected chi connectivity index (χ4v) is 3.32. The molecule has 2 amide bonds. The predicted octanol–water partition coefficient (Wildman–Crippen LogP) is 1.22. The van der Waals surface area contributed by atoms with E-state index in [9.17, 15) is 14.0 Å². The summed E-state index contributed by atoms with van der Waals surface area (Å²) in [5, 5.41) is 2.57. The van der Waals surface area contributed by atoms with Gasteiger partial charge in [-0.15, -0.1) is 0 Å². The summed E-state index contributed by atoms with van der Waals surface area (Å²) in [5.41, 5.74) is -1.38. The maximum absolute atomic E-state index is 14.1. The number of hydrogen-bond acceptors (Lipinski definition) is 3. The summed E-state index contributed by atoms with van der Waals surface area (Å²) in [5.74, 6) is -0.715. The van der Waals surface area contributed by atoms with E-state index in [0.29, 0.717) is 31.6 Å². The van der Waals surface area contributed by atoms with Crippen molar-refractivity contribution in [2.24, 2.45) is 0 Å². The highest BCUT2D eigenvalue weighted by atomic mass is 19.1. The zero-order chi connectivity index (χ0) is 16.7. The van der Waals surface area contributed by atoms with E-state index in [1.807, 2.05) is 0 Å². The third-order valence-corrected chi connectivity index (χ3v) is 4.82. The first-order valence-electron chi connectivity index (χ1n) is 7.83. The van der Waals surface area contributed by atoms with Gasteiger partial charge in [-0.2, -0.15) is 0 Å². The fourth-order valence-electron chi connectivity index (χ4n) is 3.32. The molecule has 1 aromatic carbocycles. The lowest BCUT2D eigenvalue weighted by Gasteiger charge is -2.40. The molecule has 1 heterocycles. The van der Waals surface area contributed by atoms with E-state index in [1.54, 1.807) is 37.1 Å². The van der Waals surface area contributed by atoms with Crippen LogP contribution >= 0.6 is 0 Å². The number of nitrogens with zero attached hydrogens (tertiary/aromatic N) is 1. The summed E-state index contributed by atoms with van der Waals surface area (Å²) >= 11 is 0. The molecule has 0 bridgehead atoms. The fraction of sp³-hybridized carbons (Fsp3) is 0.529. The number of amides is 2. The molecular formula is C17H21FN2O3. The summed E-state index contributed by atoms with van der Waals surface area (Å²) < 4.78 is 19.7. The van der Waals surface area contributed by atoms with Gasteiger partial charge in [0, 0.05) is 19.2 Å². The van der Waals surface area contributed by atoms with Crippen LogP contribution < -0.4 is 5.32 Å². The Morgan fingerprint density at radius 3 is 2.61 bits per heavy atom. The maximum Gasteiger partial charge on any atom is 0.253 e. The van der Waals surface area contributed by atoms with Crippen molar-refractivity contribution in [2.75, 3.05) is 26.7 Å².